The minimum absolute atomic E-state index is 0.328. The molecule has 1 aromatic rings. The Morgan fingerprint density at radius 2 is 1.89 bits per heavy atom. The minimum Gasteiger partial charge on any atom is -0.487 e. The van der Waals surface area contributed by atoms with Crippen molar-refractivity contribution in [2.75, 3.05) is 0 Å². The number of halogens is 1. The molecule has 0 unspecified atom stereocenters. The first-order valence-corrected chi connectivity index (χ1v) is 9.52. The van der Waals surface area contributed by atoms with Gasteiger partial charge < -0.3 is 19.5 Å². The summed E-state index contributed by atoms with van der Waals surface area (Å²) in [5, 5.41) is 3.05. The summed E-state index contributed by atoms with van der Waals surface area (Å²) >= 11 is 5.99. The fraction of sp³-hybridized carbons (Fsp3) is 0.600. The van der Waals surface area contributed by atoms with Gasteiger partial charge in [0.1, 0.15) is 29.6 Å². The second kappa shape index (κ2) is 10.4. The second-order valence-corrected chi connectivity index (χ2v) is 7.85. The zero-order chi connectivity index (χ0) is 20.6. The van der Waals surface area contributed by atoms with E-state index in [0.29, 0.717) is 17.2 Å². The predicted molar refractivity (Wildman–Crippen MR) is 105 cm³/mol. The number of ether oxygens (including phenoxy) is 3. The maximum atomic E-state index is 12.3. The molecule has 152 valence electrons. The van der Waals surface area contributed by atoms with E-state index in [-0.39, 0.29) is 6.10 Å². The molecule has 0 spiro atoms. The fourth-order valence-corrected chi connectivity index (χ4v) is 2.47. The van der Waals surface area contributed by atoms with Gasteiger partial charge >= 0.3 is 12.1 Å². The normalized spacial score (nSPS) is 14.6. The van der Waals surface area contributed by atoms with Crippen LogP contribution in [0.1, 0.15) is 54.4 Å². The number of carbonyl (C=O) groups is 2. The Hall–Kier alpha value is -1.95. The summed E-state index contributed by atoms with van der Waals surface area (Å²) in [7, 11) is 0. The molecule has 1 aromatic carbocycles. The van der Waals surface area contributed by atoms with E-state index in [1.54, 1.807) is 58.9 Å². The smallest absolute Gasteiger partial charge is 0.408 e. The third-order valence-electron chi connectivity index (χ3n) is 3.57. The Balaban J connectivity index is 2.64. The molecule has 6 nitrogen and oxygen atoms in total. The van der Waals surface area contributed by atoms with Crippen LogP contribution in [0.15, 0.2) is 24.3 Å². The molecule has 3 atom stereocenters. The third-order valence-corrected chi connectivity index (χ3v) is 3.80. The quantitative estimate of drug-likeness (QED) is 0.639. The van der Waals surface area contributed by atoms with E-state index in [0.717, 1.165) is 6.42 Å². The van der Waals surface area contributed by atoms with Gasteiger partial charge in [-0.25, -0.2) is 9.59 Å². The lowest BCUT2D eigenvalue weighted by Gasteiger charge is -2.26. The zero-order valence-electron chi connectivity index (χ0n) is 16.9. The monoisotopic (exact) mass is 399 g/mol. The highest BCUT2D eigenvalue weighted by Gasteiger charge is 2.27. The molecule has 0 saturated heterocycles. The number of amides is 1. The summed E-state index contributed by atoms with van der Waals surface area (Å²) in [4.78, 5) is 24.1. The Kier molecular flexibility index (Phi) is 8.89. The highest BCUT2D eigenvalue weighted by molar-refractivity contribution is 6.30. The molecule has 0 heterocycles. The largest absolute Gasteiger partial charge is 0.487 e. The molecule has 0 fully saturated rings. The van der Waals surface area contributed by atoms with Crippen LogP contribution >= 0.6 is 11.6 Å². The molecule has 0 saturated carbocycles. The molecule has 27 heavy (non-hydrogen) atoms. The number of hydrogen-bond acceptors (Lipinski definition) is 5. The van der Waals surface area contributed by atoms with E-state index in [2.05, 4.69) is 5.32 Å². The fourth-order valence-electron chi connectivity index (χ4n) is 2.29. The molecule has 0 aliphatic carbocycles. The topological polar surface area (TPSA) is 73.9 Å². The number of esters is 1. The maximum Gasteiger partial charge on any atom is 0.408 e. The molecular weight excluding hydrogens is 370 g/mol. The summed E-state index contributed by atoms with van der Waals surface area (Å²) in [6, 6.07) is 6.23. The van der Waals surface area contributed by atoms with Gasteiger partial charge in [0.25, 0.3) is 0 Å². The SMILES string of the molecule is CCC[C@@H](Oc1cccc(Cl)c1)[C@H](C)OC(=O)[C@H](C)NC(=O)OC(C)(C)C. The Morgan fingerprint density at radius 3 is 2.44 bits per heavy atom. The number of benzene rings is 1. The van der Waals surface area contributed by atoms with Crippen LogP contribution in [0, 0.1) is 0 Å². The van der Waals surface area contributed by atoms with Crippen molar-refractivity contribution in [3.63, 3.8) is 0 Å². The summed E-state index contributed by atoms with van der Waals surface area (Å²) in [5.41, 5.74) is -0.641. The van der Waals surface area contributed by atoms with E-state index < -0.39 is 29.8 Å². The van der Waals surface area contributed by atoms with Crippen molar-refractivity contribution in [2.45, 2.75) is 78.2 Å². The summed E-state index contributed by atoms with van der Waals surface area (Å²) in [5.74, 6) is 0.0629. The van der Waals surface area contributed by atoms with Gasteiger partial charge in [0, 0.05) is 5.02 Å². The van der Waals surface area contributed by atoms with Crippen LogP contribution in [0.5, 0.6) is 5.75 Å². The average Bonchev–Trinajstić information content (AvgIpc) is 2.52. The van der Waals surface area contributed by atoms with Crippen LogP contribution in [-0.2, 0) is 14.3 Å². The van der Waals surface area contributed by atoms with Gasteiger partial charge in [-0.2, -0.15) is 0 Å². The number of nitrogens with one attached hydrogen (secondary N) is 1. The molecule has 7 heteroatoms. The lowest BCUT2D eigenvalue weighted by Crippen LogP contribution is -2.44. The maximum absolute atomic E-state index is 12.3. The summed E-state index contributed by atoms with van der Waals surface area (Å²) < 4.78 is 16.6. The first kappa shape index (κ1) is 23.1. The summed E-state index contributed by atoms with van der Waals surface area (Å²) in [6.07, 6.45) is 0.0681. The van der Waals surface area contributed by atoms with Gasteiger partial charge in [-0.05, 0) is 59.2 Å². The molecule has 0 radical (unpaired) electrons. The van der Waals surface area contributed by atoms with Crippen molar-refractivity contribution in [1.29, 1.82) is 0 Å². The molecular formula is C20H30ClNO5. The Labute approximate surface area is 166 Å². The number of rotatable bonds is 8. The lowest BCUT2D eigenvalue weighted by atomic mass is 10.1. The second-order valence-electron chi connectivity index (χ2n) is 7.41. The predicted octanol–water partition coefficient (Wildman–Crippen LogP) is 4.73. The highest BCUT2D eigenvalue weighted by Crippen LogP contribution is 2.21. The number of alkyl carbamates (subject to hydrolysis) is 1. The van der Waals surface area contributed by atoms with E-state index in [1.165, 1.54) is 0 Å². The molecule has 0 aromatic heterocycles. The molecule has 1 amide bonds. The van der Waals surface area contributed by atoms with Crippen LogP contribution in [0.2, 0.25) is 5.02 Å². The van der Waals surface area contributed by atoms with E-state index in [1.807, 2.05) is 6.92 Å². The molecule has 1 rings (SSSR count). The van der Waals surface area contributed by atoms with Gasteiger partial charge in [-0.3, -0.25) is 0 Å². The number of hydrogen-bond donors (Lipinski definition) is 1. The van der Waals surface area contributed by atoms with Crippen molar-refractivity contribution in [3.05, 3.63) is 29.3 Å². The van der Waals surface area contributed by atoms with Crippen LogP contribution < -0.4 is 10.1 Å². The molecule has 0 bridgehead atoms. The van der Waals surface area contributed by atoms with Crippen LogP contribution in [0.25, 0.3) is 0 Å². The van der Waals surface area contributed by atoms with E-state index in [4.69, 9.17) is 25.8 Å². The molecule has 0 aliphatic heterocycles. The van der Waals surface area contributed by atoms with Gasteiger partial charge in [0.2, 0.25) is 0 Å². The number of carbonyl (C=O) groups excluding carboxylic acids is 2. The summed E-state index contributed by atoms with van der Waals surface area (Å²) in [6.45, 7) is 10.6. The Morgan fingerprint density at radius 1 is 1.22 bits per heavy atom. The molecule has 0 aliphatic rings. The van der Waals surface area contributed by atoms with Gasteiger partial charge in [-0.1, -0.05) is 31.0 Å². The van der Waals surface area contributed by atoms with Crippen molar-refractivity contribution >= 4 is 23.7 Å². The van der Waals surface area contributed by atoms with Crippen molar-refractivity contribution in [1.82, 2.24) is 5.32 Å². The minimum atomic E-state index is -0.837. The standard InChI is InChI=1S/C20H30ClNO5/c1-7-9-17(26-16-11-8-10-15(21)12-16)14(3)25-18(23)13(2)22-19(24)27-20(4,5)6/h8,10-14,17H,7,9H2,1-6H3,(H,22,24)/t13-,14-,17+/m0/s1. The highest BCUT2D eigenvalue weighted by atomic mass is 35.5. The van der Waals surface area contributed by atoms with Crippen molar-refractivity contribution in [3.8, 4) is 5.75 Å². The van der Waals surface area contributed by atoms with Crippen molar-refractivity contribution < 1.29 is 23.8 Å². The Bertz CT molecular complexity index is 629. The average molecular weight is 400 g/mol. The lowest BCUT2D eigenvalue weighted by molar-refractivity contribution is -0.155. The first-order chi connectivity index (χ1) is 12.5. The van der Waals surface area contributed by atoms with Gasteiger partial charge in [0.05, 0.1) is 0 Å². The zero-order valence-corrected chi connectivity index (χ0v) is 17.6. The van der Waals surface area contributed by atoms with Gasteiger partial charge in [0.15, 0.2) is 0 Å². The van der Waals surface area contributed by atoms with Crippen LogP contribution in [0.3, 0.4) is 0 Å². The van der Waals surface area contributed by atoms with E-state index in [9.17, 15) is 9.59 Å². The van der Waals surface area contributed by atoms with Crippen LogP contribution in [-0.4, -0.2) is 35.9 Å². The van der Waals surface area contributed by atoms with Crippen LogP contribution in [0.4, 0.5) is 4.79 Å². The molecule has 1 N–H and O–H groups in total. The first-order valence-electron chi connectivity index (χ1n) is 9.14. The third kappa shape index (κ3) is 9.00. The van der Waals surface area contributed by atoms with E-state index >= 15 is 0 Å². The van der Waals surface area contributed by atoms with Gasteiger partial charge in [-0.15, -0.1) is 0 Å². The van der Waals surface area contributed by atoms with Crippen molar-refractivity contribution in [2.24, 2.45) is 0 Å².